The first-order valence-corrected chi connectivity index (χ1v) is 10.2. The minimum atomic E-state index is 0.0307. The Bertz CT molecular complexity index is 771. The SMILES string of the molecule is CCOc1ccc(OCCN2CCC(C(=O)Nc3ccccc3OC)CC2)cc1. The van der Waals surface area contributed by atoms with Gasteiger partial charge in [-0.2, -0.15) is 0 Å². The summed E-state index contributed by atoms with van der Waals surface area (Å²) in [5.74, 6) is 2.49. The van der Waals surface area contributed by atoms with Crippen LogP contribution in [0.2, 0.25) is 0 Å². The molecule has 1 aliphatic heterocycles. The van der Waals surface area contributed by atoms with Gasteiger partial charge in [-0.3, -0.25) is 9.69 Å². The number of nitrogens with one attached hydrogen (secondary N) is 1. The molecule has 1 fully saturated rings. The minimum absolute atomic E-state index is 0.0307. The van der Waals surface area contributed by atoms with Crippen LogP contribution in [0.4, 0.5) is 5.69 Å². The lowest BCUT2D eigenvalue weighted by Crippen LogP contribution is -2.40. The Morgan fingerprint density at radius 2 is 1.69 bits per heavy atom. The zero-order valence-corrected chi connectivity index (χ0v) is 17.2. The minimum Gasteiger partial charge on any atom is -0.495 e. The van der Waals surface area contributed by atoms with Gasteiger partial charge in [-0.05, 0) is 69.3 Å². The molecule has 0 aromatic heterocycles. The third-order valence-corrected chi connectivity index (χ3v) is 5.13. The van der Waals surface area contributed by atoms with Crippen molar-refractivity contribution in [2.45, 2.75) is 19.8 Å². The maximum Gasteiger partial charge on any atom is 0.227 e. The number of amides is 1. The zero-order valence-electron chi connectivity index (χ0n) is 17.2. The second-order valence-electron chi connectivity index (χ2n) is 7.06. The normalized spacial score (nSPS) is 15.0. The molecule has 0 unspecified atom stereocenters. The van der Waals surface area contributed by atoms with Crippen molar-refractivity contribution in [1.29, 1.82) is 0 Å². The summed E-state index contributed by atoms with van der Waals surface area (Å²) in [6.07, 6.45) is 1.70. The lowest BCUT2D eigenvalue weighted by atomic mass is 9.96. The molecule has 0 radical (unpaired) electrons. The number of piperidine rings is 1. The number of para-hydroxylation sites is 2. The van der Waals surface area contributed by atoms with Crippen molar-refractivity contribution in [3.05, 3.63) is 48.5 Å². The van der Waals surface area contributed by atoms with Crippen molar-refractivity contribution in [1.82, 2.24) is 4.90 Å². The largest absolute Gasteiger partial charge is 0.495 e. The predicted molar refractivity (Wildman–Crippen MR) is 114 cm³/mol. The highest BCUT2D eigenvalue weighted by Gasteiger charge is 2.25. The predicted octanol–water partition coefficient (Wildman–Crippen LogP) is 3.82. The maximum atomic E-state index is 12.6. The van der Waals surface area contributed by atoms with Gasteiger partial charge in [0.2, 0.25) is 5.91 Å². The fourth-order valence-corrected chi connectivity index (χ4v) is 3.49. The summed E-state index contributed by atoms with van der Waals surface area (Å²) < 4.78 is 16.6. The third kappa shape index (κ3) is 6.12. The van der Waals surface area contributed by atoms with Crippen molar-refractivity contribution in [2.24, 2.45) is 5.92 Å². The van der Waals surface area contributed by atoms with Crippen molar-refractivity contribution < 1.29 is 19.0 Å². The summed E-state index contributed by atoms with van der Waals surface area (Å²) in [4.78, 5) is 14.9. The summed E-state index contributed by atoms with van der Waals surface area (Å²) in [5.41, 5.74) is 0.728. The number of ether oxygens (including phenoxy) is 3. The van der Waals surface area contributed by atoms with Crippen LogP contribution in [0.5, 0.6) is 17.2 Å². The average Bonchev–Trinajstić information content (AvgIpc) is 2.76. The van der Waals surface area contributed by atoms with Crippen molar-refractivity contribution in [2.75, 3.05) is 45.3 Å². The highest BCUT2D eigenvalue weighted by molar-refractivity contribution is 5.94. The van der Waals surface area contributed by atoms with E-state index in [4.69, 9.17) is 14.2 Å². The lowest BCUT2D eigenvalue weighted by Gasteiger charge is -2.31. The number of carbonyl (C=O) groups is 1. The molecule has 3 rings (SSSR count). The summed E-state index contributed by atoms with van der Waals surface area (Å²) in [6, 6.07) is 15.2. The Balaban J connectivity index is 1.38. The number of hydrogen-bond acceptors (Lipinski definition) is 5. The molecule has 1 saturated heterocycles. The molecule has 0 spiro atoms. The monoisotopic (exact) mass is 398 g/mol. The van der Waals surface area contributed by atoms with E-state index in [1.54, 1.807) is 7.11 Å². The Hall–Kier alpha value is -2.73. The first kappa shape index (κ1) is 21.0. The van der Waals surface area contributed by atoms with E-state index < -0.39 is 0 Å². The van der Waals surface area contributed by atoms with Crippen LogP contribution in [-0.4, -0.2) is 50.8 Å². The number of anilines is 1. The van der Waals surface area contributed by atoms with Gasteiger partial charge in [0.25, 0.3) is 0 Å². The number of methoxy groups -OCH3 is 1. The highest BCUT2D eigenvalue weighted by Crippen LogP contribution is 2.26. The van der Waals surface area contributed by atoms with Gasteiger partial charge in [0, 0.05) is 12.5 Å². The van der Waals surface area contributed by atoms with Crippen LogP contribution < -0.4 is 19.5 Å². The van der Waals surface area contributed by atoms with Crippen LogP contribution in [0.3, 0.4) is 0 Å². The summed E-state index contributed by atoms with van der Waals surface area (Å²) in [7, 11) is 1.61. The van der Waals surface area contributed by atoms with E-state index in [-0.39, 0.29) is 11.8 Å². The van der Waals surface area contributed by atoms with E-state index in [2.05, 4.69) is 10.2 Å². The quantitative estimate of drug-likeness (QED) is 0.696. The average molecular weight is 399 g/mol. The first-order valence-electron chi connectivity index (χ1n) is 10.2. The van der Waals surface area contributed by atoms with Gasteiger partial charge >= 0.3 is 0 Å². The van der Waals surface area contributed by atoms with Gasteiger partial charge in [-0.1, -0.05) is 12.1 Å². The van der Waals surface area contributed by atoms with Gasteiger partial charge in [0.1, 0.15) is 23.9 Å². The molecule has 29 heavy (non-hydrogen) atoms. The van der Waals surface area contributed by atoms with Gasteiger partial charge < -0.3 is 19.5 Å². The second-order valence-corrected chi connectivity index (χ2v) is 7.06. The Labute approximate surface area is 172 Å². The van der Waals surface area contributed by atoms with Crippen LogP contribution in [0.25, 0.3) is 0 Å². The number of rotatable bonds is 9. The van der Waals surface area contributed by atoms with E-state index >= 15 is 0 Å². The molecule has 2 aromatic rings. The van der Waals surface area contributed by atoms with E-state index in [9.17, 15) is 4.79 Å². The molecule has 6 heteroatoms. The molecule has 1 N–H and O–H groups in total. The number of hydrogen-bond donors (Lipinski definition) is 1. The standard InChI is InChI=1S/C23H30N2O4/c1-3-28-19-8-10-20(11-9-19)29-17-16-25-14-12-18(13-15-25)23(26)24-21-6-4-5-7-22(21)27-2/h4-11,18H,3,12-17H2,1-2H3,(H,24,26). The van der Waals surface area contributed by atoms with E-state index in [0.717, 1.165) is 49.7 Å². The maximum absolute atomic E-state index is 12.6. The van der Waals surface area contributed by atoms with Crippen molar-refractivity contribution >= 4 is 11.6 Å². The van der Waals surface area contributed by atoms with E-state index in [1.807, 2.05) is 55.5 Å². The third-order valence-electron chi connectivity index (χ3n) is 5.13. The molecule has 1 heterocycles. The second kappa shape index (κ2) is 10.7. The number of carbonyl (C=O) groups excluding carboxylic acids is 1. The molecular weight excluding hydrogens is 368 g/mol. The molecule has 1 aliphatic rings. The van der Waals surface area contributed by atoms with Gasteiger partial charge in [-0.15, -0.1) is 0 Å². The van der Waals surface area contributed by atoms with Crippen molar-refractivity contribution in [3.8, 4) is 17.2 Å². The smallest absolute Gasteiger partial charge is 0.227 e. The van der Waals surface area contributed by atoms with Crippen LogP contribution in [0, 0.1) is 5.92 Å². The fraction of sp³-hybridized carbons (Fsp3) is 0.435. The molecule has 0 aliphatic carbocycles. The van der Waals surface area contributed by atoms with Crippen LogP contribution in [0.1, 0.15) is 19.8 Å². The molecule has 0 saturated carbocycles. The number of likely N-dealkylation sites (tertiary alicyclic amines) is 1. The molecule has 1 amide bonds. The Morgan fingerprint density at radius 3 is 2.34 bits per heavy atom. The molecular formula is C23H30N2O4. The van der Waals surface area contributed by atoms with Crippen molar-refractivity contribution in [3.63, 3.8) is 0 Å². The molecule has 156 valence electrons. The zero-order chi connectivity index (χ0) is 20.5. The molecule has 2 aromatic carbocycles. The van der Waals surface area contributed by atoms with Gasteiger partial charge in [-0.25, -0.2) is 0 Å². The number of benzene rings is 2. The summed E-state index contributed by atoms with van der Waals surface area (Å²) in [5, 5.41) is 3.01. The van der Waals surface area contributed by atoms with E-state index in [0.29, 0.717) is 19.0 Å². The molecule has 6 nitrogen and oxygen atoms in total. The topological polar surface area (TPSA) is 60.0 Å². The Morgan fingerprint density at radius 1 is 1.03 bits per heavy atom. The lowest BCUT2D eigenvalue weighted by molar-refractivity contribution is -0.121. The first-order chi connectivity index (χ1) is 14.2. The summed E-state index contributed by atoms with van der Waals surface area (Å²) >= 11 is 0. The summed E-state index contributed by atoms with van der Waals surface area (Å²) in [6.45, 7) is 5.91. The van der Waals surface area contributed by atoms with E-state index in [1.165, 1.54) is 0 Å². The number of nitrogens with zero attached hydrogens (tertiary/aromatic N) is 1. The fourth-order valence-electron chi connectivity index (χ4n) is 3.49. The Kier molecular flexibility index (Phi) is 7.76. The van der Waals surface area contributed by atoms with Crippen LogP contribution in [-0.2, 0) is 4.79 Å². The van der Waals surface area contributed by atoms with Gasteiger partial charge in [0.15, 0.2) is 0 Å². The molecule has 0 atom stereocenters. The van der Waals surface area contributed by atoms with Crippen LogP contribution in [0.15, 0.2) is 48.5 Å². The van der Waals surface area contributed by atoms with Crippen LogP contribution >= 0.6 is 0 Å². The van der Waals surface area contributed by atoms with Gasteiger partial charge in [0.05, 0.1) is 19.4 Å². The highest BCUT2D eigenvalue weighted by atomic mass is 16.5. The molecule has 0 bridgehead atoms.